The van der Waals surface area contributed by atoms with Gasteiger partial charge in [0.15, 0.2) is 0 Å². The molecule has 2 radical (unpaired) electrons. The lowest BCUT2D eigenvalue weighted by molar-refractivity contribution is -0.139. The Labute approximate surface area is 217 Å². The van der Waals surface area contributed by atoms with Crippen LogP contribution in [0, 0.1) is 11.8 Å². The smallest absolute Gasteiger partial charge is 0.243 e. The molecule has 1 aromatic carbocycles. The Kier molecular flexibility index (Phi) is 11.8. The number of unbranched alkanes of at least 4 members (excludes halogenated alkanes) is 2. The van der Waals surface area contributed by atoms with Gasteiger partial charge in [-0.05, 0) is 36.5 Å². The fourth-order valence-electron chi connectivity index (χ4n) is 3.75. The van der Waals surface area contributed by atoms with Crippen molar-refractivity contribution in [2.45, 2.75) is 52.6 Å². The first-order chi connectivity index (χ1) is 17.6. The molecule has 2 rings (SSSR count). The Morgan fingerprint density at radius 2 is 1.62 bits per heavy atom. The molecule has 1 heterocycles. The molecule has 11 nitrogen and oxygen atoms in total. The van der Waals surface area contributed by atoms with Crippen molar-refractivity contribution in [3.05, 3.63) is 29.8 Å². The van der Waals surface area contributed by atoms with Gasteiger partial charge in [-0.15, -0.1) is 0 Å². The van der Waals surface area contributed by atoms with E-state index in [1.165, 1.54) is 4.90 Å². The molecule has 0 aromatic heterocycles. The SMILES string of the molecule is [B]C(=O)OCc1ccc(NC(=O)CNC(=O)CNC(=O)CCCCCN2C(=O)CC(C(C)C)C2=O)cc1. The molecule has 0 saturated carbocycles. The molecular weight excluding hydrogens is 479 g/mol. The van der Waals surface area contributed by atoms with Crippen molar-refractivity contribution in [3.8, 4) is 0 Å². The Bertz CT molecular complexity index is 997. The largest absolute Gasteiger partial charge is 0.470 e. The quantitative estimate of drug-likeness (QED) is 0.193. The van der Waals surface area contributed by atoms with Crippen LogP contribution in [0.15, 0.2) is 24.3 Å². The van der Waals surface area contributed by atoms with E-state index in [9.17, 15) is 28.8 Å². The summed E-state index contributed by atoms with van der Waals surface area (Å²) in [5.41, 5.74) is 1.19. The van der Waals surface area contributed by atoms with Crippen molar-refractivity contribution in [1.82, 2.24) is 15.5 Å². The Morgan fingerprint density at radius 1 is 0.973 bits per heavy atom. The lowest BCUT2D eigenvalue weighted by atomic mass is 9.94. The van der Waals surface area contributed by atoms with Crippen LogP contribution in [0.4, 0.5) is 10.5 Å². The molecule has 1 aromatic rings. The van der Waals surface area contributed by atoms with E-state index in [1.54, 1.807) is 24.3 Å². The van der Waals surface area contributed by atoms with Crippen LogP contribution in [0.1, 0.15) is 51.5 Å². The number of carbonyl (C=O) groups excluding carboxylic acids is 6. The van der Waals surface area contributed by atoms with E-state index in [0.29, 0.717) is 37.1 Å². The highest BCUT2D eigenvalue weighted by Gasteiger charge is 2.39. The van der Waals surface area contributed by atoms with E-state index in [0.717, 1.165) is 0 Å². The fraction of sp³-hybridized carbons (Fsp3) is 0.520. The van der Waals surface area contributed by atoms with Crippen LogP contribution in [0.2, 0.25) is 0 Å². The normalized spacial score (nSPS) is 15.0. The summed E-state index contributed by atoms with van der Waals surface area (Å²) in [4.78, 5) is 72.1. The van der Waals surface area contributed by atoms with E-state index in [2.05, 4.69) is 20.7 Å². The number of carbonyl (C=O) groups is 6. The lowest BCUT2D eigenvalue weighted by Gasteiger charge is -2.16. The van der Waals surface area contributed by atoms with E-state index in [1.807, 2.05) is 13.8 Å². The van der Waals surface area contributed by atoms with Crippen LogP contribution in [0.25, 0.3) is 0 Å². The topological polar surface area (TPSA) is 151 Å². The van der Waals surface area contributed by atoms with E-state index in [4.69, 9.17) is 7.85 Å². The van der Waals surface area contributed by atoms with Gasteiger partial charge in [-0.1, -0.05) is 32.4 Å². The molecular formula is C25H33BN4O7. The maximum Gasteiger partial charge on any atom is 0.243 e. The molecule has 1 saturated heterocycles. The van der Waals surface area contributed by atoms with Crippen LogP contribution in [0.5, 0.6) is 0 Å². The summed E-state index contributed by atoms with van der Waals surface area (Å²) in [6, 6.07) is 6.53. The summed E-state index contributed by atoms with van der Waals surface area (Å²) < 4.78 is 4.67. The van der Waals surface area contributed by atoms with E-state index < -0.39 is 17.7 Å². The maximum atomic E-state index is 12.3. The average molecular weight is 512 g/mol. The molecule has 1 fully saturated rings. The summed E-state index contributed by atoms with van der Waals surface area (Å²) in [6.07, 6.45) is 2.33. The Hall–Kier alpha value is -3.70. The number of anilines is 1. The number of benzene rings is 1. The number of amides is 5. The molecule has 1 aliphatic heterocycles. The number of rotatable bonds is 14. The zero-order chi connectivity index (χ0) is 27.4. The van der Waals surface area contributed by atoms with Crippen molar-refractivity contribution in [2.24, 2.45) is 11.8 Å². The highest BCUT2D eigenvalue weighted by Crippen LogP contribution is 2.26. The molecule has 12 heteroatoms. The van der Waals surface area contributed by atoms with Gasteiger partial charge in [0.2, 0.25) is 43.3 Å². The van der Waals surface area contributed by atoms with Crippen LogP contribution in [-0.4, -0.2) is 67.8 Å². The third-order valence-electron chi connectivity index (χ3n) is 5.88. The van der Waals surface area contributed by atoms with Crippen molar-refractivity contribution >= 4 is 48.9 Å². The Morgan fingerprint density at radius 3 is 2.24 bits per heavy atom. The molecule has 3 N–H and O–H groups in total. The second-order valence-electron chi connectivity index (χ2n) is 9.16. The zero-order valence-electron chi connectivity index (χ0n) is 21.2. The van der Waals surface area contributed by atoms with Gasteiger partial charge in [-0.3, -0.25) is 33.7 Å². The van der Waals surface area contributed by atoms with Gasteiger partial charge in [0.25, 0.3) is 0 Å². The summed E-state index contributed by atoms with van der Waals surface area (Å²) in [5, 5.41) is 7.53. The second kappa shape index (κ2) is 14.8. The minimum absolute atomic E-state index is 0.0186. The van der Waals surface area contributed by atoms with Gasteiger partial charge in [0.05, 0.1) is 13.1 Å². The average Bonchev–Trinajstić information content (AvgIpc) is 3.14. The molecule has 0 bridgehead atoms. The standard InChI is InChI=1S/C25H33BN4O7/c1-16(2)19-12-23(34)30(24(19)35)11-5-3-4-6-20(31)27-13-21(32)28-14-22(33)29-18-9-7-17(8-10-18)15-37-25(26)36/h7-10,16,19H,3-6,11-15H2,1-2H3,(H,27,31)(H,28,32)(H,29,33). The molecule has 5 amide bonds. The third kappa shape index (κ3) is 10.4. The summed E-state index contributed by atoms with van der Waals surface area (Å²) >= 11 is 0. The number of hydrogen-bond donors (Lipinski definition) is 3. The van der Waals surface area contributed by atoms with Gasteiger partial charge in [0, 0.05) is 31.0 Å². The lowest BCUT2D eigenvalue weighted by Crippen LogP contribution is -2.40. The van der Waals surface area contributed by atoms with Gasteiger partial charge >= 0.3 is 0 Å². The van der Waals surface area contributed by atoms with Gasteiger partial charge in [0.1, 0.15) is 6.61 Å². The minimum atomic E-state index is -0.880. The van der Waals surface area contributed by atoms with Crippen molar-refractivity contribution in [2.75, 3.05) is 25.0 Å². The van der Waals surface area contributed by atoms with Crippen LogP contribution >= 0.6 is 0 Å². The summed E-state index contributed by atoms with van der Waals surface area (Å²) in [7, 11) is 4.91. The number of nitrogens with one attached hydrogen (secondary N) is 3. The van der Waals surface area contributed by atoms with Crippen LogP contribution in [0.3, 0.4) is 0 Å². The highest BCUT2D eigenvalue weighted by atomic mass is 16.5. The molecule has 198 valence electrons. The number of nitrogens with zero attached hydrogens (tertiary/aromatic N) is 1. The van der Waals surface area contributed by atoms with Gasteiger partial charge < -0.3 is 20.7 Å². The first kappa shape index (κ1) is 29.5. The molecule has 1 unspecified atom stereocenters. The molecule has 37 heavy (non-hydrogen) atoms. The number of hydrogen-bond acceptors (Lipinski definition) is 7. The van der Waals surface area contributed by atoms with Gasteiger partial charge in [-0.2, -0.15) is 0 Å². The number of likely N-dealkylation sites (tertiary alicyclic amines) is 1. The molecule has 0 spiro atoms. The Balaban J connectivity index is 1.55. The van der Waals surface area contributed by atoms with Crippen LogP contribution < -0.4 is 16.0 Å². The molecule has 1 aliphatic rings. The predicted octanol–water partition coefficient (Wildman–Crippen LogP) is 1.25. The first-order valence-electron chi connectivity index (χ1n) is 12.3. The highest BCUT2D eigenvalue weighted by molar-refractivity contribution is 6.55. The fourth-order valence-corrected chi connectivity index (χ4v) is 3.75. The summed E-state index contributed by atoms with van der Waals surface area (Å²) in [5.74, 6) is -2.48. The second-order valence-corrected chi connectivity index (χ2v) is 9.16. The monoisotopic (exact) mass is 512 g/mol. The van der Waals surface area contributed by atoms with E-state index >= 15 is 0 Å². The van der Waals surface area contributed by atoms with Crippen molar-refractivity contribution < 1.29 is 33.5 Å². The van der Waals surface area contributed by atoms with Crippen LogP contribution in [-0.2, 0) is 35.3 Å². The first-order valence-corrected chi connectivity index (χ1v) is 12.3. The van der Waals surface area contributed by atoms with E-state index in [-0.39, 0.29) is 62.1 Å². The number of ether oxygens (including phenoxy) is 1. The minimum Gasteiger partial charge on any atom is -0.470 e. The van der Waals surface area contributed by atoms with Crippen molar-refractivity contribution in [3.63, 3.8) is 0 Å². The number of imide groups is 1. The maximum absolute atomic E-state index is 12.3. The zero-order valence-corrected chi connectivity index (χ0v) is 21.2. The molecule has 1 atom stereocenters. The van der Waals surface area contributed by atoms with Gasteiger partial charge in [-0.25, -0.2) is 0 Å². The summed E-state index contributed by atoms with van der Waals surface area (Å²) in [6.45, 7) is 3.72. The predicted molar refractivity (Wildman–Crippen MR) is 135 cm³/mol. The molecule has 0 aliphatic carbocycles. The third-order valence-corrected chi connectivity index (χ3v) is 5.88. The van der Waals surface area contributed by atoms with Crippen molar-refractivity contribution in [1.29, 1.82) is 0 Å².